The van der Waals surface area contributed by atoms with Crippen molar-refractivity contribution in [1.82, 2.24) is 4.90 Å². The summed E-state index contributed by atoms with van der Waals surface area (Å²) in [5.41, 5.74) is -0.589. The SMILES string of the molecule is CC(C)(C)OC(=O)N1CC(O)C[C@@H]1CO[Si](c1ccccc1)(c1ccccc1)C(C)(C)C. The van der Waals surface area contributed by atoms with Crippen LogP contribution in [0.3, 0.4) is 0 Å². The molecule has 1 N–H and O–H groups in total. The summed E-state index contributed by atoms with van der Waals surface area (Å²) in [6, 6.07) is 20.6. The Hall–Kier alpha value is -2.15. The predicted octanol–water partition coefficient (Wildman–Crippen LogP) is 3.93. The Labute approximate surface area is 193 Å². The molecule has 1 saturated heterocycles. The van der Waals surface area contributed by atoms with Crippen molar-refractivity contribution in [2.24, 2.45) is 0 Å². The fraction of sp³-hybridized carbons (Fsp3) is 0.500. The zero-order chi connectivity index (χ0) is 23.6. The van der Waals surface area contributed by atoms with Crippen LogP contribution in [0.25, 0.3) is 0 Å². The van der Waals surface area contributed by atoms with Crippen LogP contribution < -0.4 is 10.4 Å². The molecule has 0 saturated carbocycles. The number of rotatable bonds is 5. The van der Waals surface area contributed by atoms with E-state index in [4.69, 9.17) is 9.16 Å². The lowest BCUT2D eigenvalue weighted by Gasteiger charge is -2.44. The van der Waals surface area contributed by atoms with E-state index in [2.05, 4.69) is 69.3 Å². The lowest BCUT2D eigenvalue weighted by Crippen LogP contribution is -2.67. The molecule has 2 aromatic carbocycles. The van der Waals surface area contributed by atoms with E-state index in [1.165, 1.54) is 10.4 Å². The first kappa shape index (κ1) is 24.5. The molecule has 32 heavy (non-hydrogen) atoms. The van der Waals surface area contributed by atoms with Crippen LogP contribution >= 0.6 is 0 Å². The van der Waals surface area contributed by atoms with Crippen molar-refractivity contribution in [3.8, 4) is 0 Å². The van der Waals surface area contributed by atoms with Crippen LogP contribution in [-0.4, -0.2) is 55.3 Å². The van der Waals surface area contributed by atoms with E-state index in [-0.39, 0.29) is 17.6 Å². The molecular formula is C26H37NO4Si. The summed E-state index contributed by atoms with van der Waals surface area (Å²) in [5.74, 6) is 0. The highest BCUT2D eigenvalue weighted by Crippen LogP contribution is 2.37. The van der Waals surface area contributed by atoms with Gasteiger partial charge in [-0.3, -0.25) is 0 Å². The van der Waals surface area contributed by atoms with Gasteiger partial charge >= 0.3 is 6.09 Å². The molecule has 174 valence electrons. The molecule has 1 aliphatic rings. The van der Waals surface area contributed by atoms with Crippen LogP contribution in [0.2, 0.25) is 5.04 Å². The minimum absolute atomic E-state index is 0.149. The van der Waals surface area contributed by atoms with Crippen molar-refractivity contribution >= 4 is 24.8 Å². The Kier molecular flexibility index (Phi) is 7.17. The quantitative estimate of drug-likeness (QED) is 0.694. The summed E-state index contributed by atoms with van der Waals surface area (Å²) in [4.78, 5) is 14.5. The number of likely N-dealkylation sites (tertiary alicyclic amines) is 1. The average Bonchev–Trinajstić information content (AvgIpc) is 3.09. The zero-order valence-corrected chi connectivity index (χ0v) is 21.2. The van der Waals surface area contributed by atoms with Crippen molar-refractivity contribution < 1.29 is 19.1 Å². The number of amides is 1. The van der Waals surface area contributed by atoms with E-state index >= 15 is 0 Å². The topological polar surface area (TPSA) is 59.0 Å². The number of aliphatic hydroxyl groups excluding tert-OH is 1. The van der Waals surface area contributed by atoms with Crippen LogP contribution in [-0.2, 0) is 9.16 Å². The van der Waals surface area contributed by atoms with Crippen LogP contribution in [0.1, 0.15) is 48.0 Å². The second-order valence-electron chi connectivity index (χ2n) is 10.7. The van der Waals surface area contributed by atoms with Crippen LogP contribution in [0.15, 0.2) is 60.7 Å². The second kappa shape index (κ2) is 9.38. The molecule has 1 amide bonds. The molecule has 0 spiro atoms. The second-order valence-corrected chi connectivity index (χ2v) is 15.0. The lowest BCUT2D eigenvalue weighted by molar-refractivity contribution is 0.0169. The van der Waals surface area contributed by atoms with Crippen LogP contribution in [0, 0.1) is 0 Å². The van der Waals surface area contributed by atoms with Crippen molar-refractivity contribution in [2.45, 2.75) is 70.7 Å². The van der Waals surface area contributed by atoms with E-state index in [9.17, 15) is 9.90 Å². The number of carbonyl (C=O) groups is 1. The predicted molar refractivity (Wildman–Crippen MR) is 131 cm³/mol. The molecule has 3 rings (SSSR count). The largest absolute Gasteiger partial charge is 0.444 e. The Balaban J connectivity index is 1.96. The van der Waals surface area contributed by atoms with E-state index in [0.717, 1.165) is 0 Å². The van der Waals surface area contributed by atoms with Gasteiger partial charge in [-0.25, -0.2) is 4.79 Å². The number of hydrogen-bond donors (Lipinski definition) is 1. The number of ether oxygens (including phenoxy) is 1. The Morgan fingerprint density at radius 2 is 1.47 bits per heavy atom. The van der Waals surface area contributed by atoms with Gasteiger partial charge in [0.05, 0.1) is 25.3 Å². The van der Waals surface area contributed by atoms with E-state index < -0.39 is 26.1 Å². The molecule has 1 unspecified atom stereocenters. The lowest BCUT2D eigenvalue weighted by atomic mass is 10.2. The molecule has 2 atom stereocenters. The monoisotopic (exact) mass is 455 g/mol. The highest BCUT2D eigenvalue weighted by Gasteiger charge is 2.51. The number of β-amino-alcohol motifs (C(OH)–C–C–N with tert-alkyl or cyclic N) is 1. The number of benzene rings is 2. The minimum Gasteiger partial charge on any atom is -0.444 e. The summed E-state index contributed by atoms with van der Waals surface area (Å²) in [6.45, 7) is 12.9. The summed E-state index contributed by atoms with van der Waals surface area (Å²) in [7, 11) is -2.71. The van der Waals surface area contributed by atoms with Crippen molar-refractivity contribution in [1.29, 1.82) is 0 Å². The molecule has 5 nitrogen and oxygen atoms in total. The molecule has 1 fully saturated rings. The third-order valence-corrected chi connectivity index (χ3v) is 10.9. The first-order chi connectivity index (χ1) is 14.9. The summed E-state index contributed by atoms with van der Waals surface area (Å²) in [6.07, 6.45) is -0.488. The normalized spacial score (nSPS) is 19.8. The number of nitrogens with zero attached hydrogens (tertiary/aromatic N) is 1. The summed E-state index contributed by atoms with van der Waals surface area (Å²) in [5, 5.41) is 12.6. The standard InChI is InChI=1S/C26H37NO4Si/c1-25(2,3)31-24(29)27-18-21(28)17-20(27)19-30-32(26(4,5)6,22-13-9-7-10-14-22)23-15-11-8-12-16-23/h7-16,20-21,28H,17-19H2,1-6H3/t20-,21?/m1/s1. The summed E-state index contributed by atoms with van der Waals surface area (Å²) >= 11 is 0. The van der Waals surface area contributed by atoms with Crippen molar-refractivity contribution in [2.75, 3.05) is 13.2 Å². The number of carbonyl (C=O) groups excluding carboxylic acids is 1. The number of hydrogen-bond acceptors (Lipinski definition) is 4. The van der Waals surface area contributed by atoms with Gasteiger partial charge in [-0.2, -0.15) is 0 Å². The average molecular weight is 456 g/mol. The maximum absolute atomic E-state index is 12.8. The van der Waals surface area contributed by atoms with Crippen LogP contribution in [0.4, 0.5) is 4.79 Å². The van der Waals surface area contributed by atoms with E-state index in [1.807, 2.05) is 32.9 Å². The maximum atomic E-state index is 12.8. The Bertz CT molecular complexity index is 850. The van der Waals surface area contributed by atoms with Gasteiger partial charge in [-0.05, 0) is 42.6 Å². The van der Waals surface area contributed by atoms with Crippen molar-refractivity contribution in [3.05, 3.63) is 60.7 Å². The van der Waals surface area contributed by atoms with Gasteiger partial charge in [0, 0.05) is 0 Å². The van der Waals surface area contributed by atoms with Crippen molar-refractivity contribution in [3.63, 3.8) is 0 Å². The molecule has 2 aromatic rings. The molecule has 0 aliphatic carbocycles. The minimum atomic E-state index is -2.71. The van der Waals surface area contributed by atoms with Gasteiger partial charge < -0.3 is 19.2 Å². The van der Waals surface area contributed by atoms with Crippen LogP contribution in [0.5, 0.6) is 0 Å². The summed E-state index contributed by atoms with van der Waals surface area (Å²) < 4.78 is 12.6. The zero-order valence-electron chi connectivity index (χ0n) is 20.2. The van der Waals surface area contributed by atoms with E-state index in [1.54, 1.807) is 4.90 Å². The maximum Gasteiger partial charge on any atom is 0.410 e. The molecule has 0 bridgehead atoms. The molecule has 6 heteroatoms. The Morgan fingerprint density at radius 3 is 1.91 bits per heavy atom. The van der Waals surface area contributed by atoms with Gasteiger partial charge in [0.2, 0.25) is 0 Å². The first-order valence-electron chi connectivity index (χ1n) is 11.4. The van der Waals surface area contributed by atoms with Gasteiger partial charge in [0.1, 0.15) is 5.60 Å². The van der Waals surface area contributed by atoms with Gasteiger partial charge in [0.15, 0.2) is 0 Å². The van der Waals surface area contributed by atoms with Gasteiger partial charge in [-0.15, -0.1) is 0 Å². The van der Waals surface area contributed by atoms with E-state index in [0.29, 0.717) is 13.0 Å². The molecule has 1 aliphatic heterocycles. The third kappa shape index (κ3) is 5.25. The molecule has 0 aromatic heterocycles. The first-order valence-corrected chi connectivity index (χ1v) is 13.3. The number of aliphatic hydroxyl groups is 1. The Morgan fingerprint density at radius 1 is 0.969 bits per heavy atom. The highest BCUT2D eigenvalue weighted by molar-refractivity contribution is 6.99. The molecular weight excluding hydrogens is 418 g/mol. The molecule has 0 radical (unpaired) electrons. The fourth-order valence-corrected chi connectivity index (χ4v) is 9.17. The third-order valence-electron chi connectivity index (χ3n) is 5.93. The smallest absolute Gasteiger partial charge is 0.410 e. The highest BCUT2D eigenvalue weighted by atomic mass is 28.4. The van der Waals surface area contributed by atoms with Gasteiger partial charge in [0.25, 0.3) is 8.32 Å². The fourth-order valence-electron chi connectivity index (χ4n) is 4.58. The molecule has 1 heterocycles. The van der Waals surface area contributed by atoms with Gasteiger partial charge in [-0.1, -0.05) is 81.4 Å².